The average molecular weight is 480 g/mol. The second-order valence-corrected chi connectivity index (χ2v) is 11.6. The highest BCUT2D eigenvalue weighted by atomic mass is 32.2. The predicted molar refractivity (Wildman–Crippen MR) is 122 cm³/mol. The Balaban J connectivity index is 1.68. The summed E-state index contributed by atoms with van der Waals surface area (Å²) in [4.78, 5) is 12.8. The van der Waals surface area contributed by atoms with Gasteiger partial charge in [-0.15, -0.1) is 0 Å². The normalized spacial score (nSPS) is 16.4. The van der Waals surface area contributed by atoms with Gasteiger partial charge in [-0.3, -0.25) is 4.79 Å². The van der Waals surface area contributed by atoms with E-state index < -0.39 is 32.0 Å². The highest BCUT2D eigenvalue weighted by Gasteiger charge is 2.28. The molecule has 0 aromatic heterocycles. The van der Waals surface area contributed by atoms with E-state index in [-0.39, 0.29) is 16.3 Å². The molecule has 1 atom stereocenters. The average Bonchev–Trinajstić information content (AvgIpc) is 2.78. The van der Waals surface area contributed by atoms with Crippen molar-refractivity contribution in [3.8, 4) is 0 Å². The molecule has 2 N–H and O–H groups in total. The predicted octanol–water partition coefficient (Wildman–Crippen LogP) is 2.15. The van der Waals surface area contributed by atoms with Crippen molar-refractivity contribution in [1.82, 2.24) is 14.3 Å². The van der Waals surface area contributed by atoms with Crippen molar-refractivity contribution >= 4 is 26.0 Å². The number of nitrogens with one attached hydrogen (secondary N) is 2. The molecule has 0 spiro atoms. The highest BCUT2D eigenvalue weighted by molar-refractivity contribution is 7.89. The van der Waals surface area contributed by atoms with Crippen LogP contribution in [-0.4, -0.2) is 46.2 Å². The summed E-state index contributed by atoms with van der Waals surface area (Å²) in [5.41, 5.74) is 1.38. The second kappa shape index (κ2) is 10.1. The number of hydrogen-bond acceptors (Lipinski definition) is 5. The van der Waals surface area contributed by atoms with E-state index in [9.17, 15) is 21.6 Å². The summed E-state index contributed by atoms with van der Waals surface area (Å²) in [5, 5.41) is 2.65. The Labute approximate surface area is 190 Å². The van der Waals surface area contributed by atoms with Crippen LogP contribution in [-0.2, 0) is 31.4 Å². The molecule has 1 aliphatic heterocycles. The van der Waals surface area contributed by atoms with Crippen LogP contribution >= 0.6 is 0 Å². The molecule has 0 unspecified atom stereocenters. The zero-order valence-corrected chi connectivity index (χ0v) is 19.9. The number of nitrogens with zero attached hydrogens (tertiary/aromatic N) is 1. The number of sulfonamides is 2. The molecule has 32 heavy (non-hydrogen) atoms. The molecule has 3 rings (SSSR count). The van der Waals surface area contributed by atoms with Crippen molar-refractivity contribution < 1.29 is 21.6 Å². The van der Waals surface area contributed by atoms with Gasteiger partial charge in [0.1, 0.15) is 0 Å². The lowest BCUT2D eigenvalue weighted by atomic mass is 10.2. The fourth-order valence-corrected chi connectivity index (χ4v) is 6.50. The highest BCUT2D eigenvalue weighted by Crippen LogP contribution is 2.23. The molecule has 174 valence electrons. The van der Waals surface area contributed by atoms with Crippen LogP contribution in [0.25, 0.3) is 0 Å². The third-order valence-corrected chi connectivity index (χ3v) is 8.97. The Morgan fingerprint density at radius 2 is 1.59 bits per heavy atom. The van der Waals surface area contributed by atoms with Crippen molar-refractivity contribution in [2.45, 2.75) is 55.5 Å². The number of piperidine rings is 1. The Hall–Kier alpha value is -2.27. The fourth-order valence-electron chi connectivity index (χ4n) is 3.55. The Morgan fingerprint density at radius 3 is 2.25 bits per heavy atom. The van der Waals surface area contributed by atoms with E-state index in [4.69, 9.17) is 0 Å². The van der Waals surface area contributed by atoms with Gasteiger partial charge in [-0.25, -0.2) is 16.8 Å². The van der Waals surface area contributed by atoms with Gasteiger partial charge in [0.25, 0.3) is 0 Å². The lowest BCUT2D eigenvalue weighted by Gasteiger charge is -2.27. The second-order valence-electron chi connectivity index (χ2n) is 7.95. The molecule has 0 saturated carbocycles. The first-order chi connectivity index (χ1) is 15.1. The van der Waals surface area contributed by atoms with Crippen LogP contribution in [0.15, 0.2) is 58.3 Å². The molecule has 1 fully saturated rings. The fraction of sp³-hybridized carbons (Fsp3) is 0.409. The summed E-state index contributed by atoms with van der Waals surface area (Å²) < 4.78 is 55.0. The third kappa shape index (κ3) is 5.74. The SMILES string of the molecule is Cc1ccc(S(=O)(=O)N[C@@H](C)C(=O)NCc2ccccc2S(=O)(=O)N2CCCCC2)cc1. The molecular formula is C22H29N3O5S2. The lowest BCUT2D eigenvalue weighted by Crippen LogP contribution is -2.44. The topological polar surface area (TPSA) is 113 Å². The minimum absolute atomic E-state index is 0.0291. The first-order valence-electron chi connectivity index (χ1n) is 10.6. The van der Waals surface area contributed by atoms with E-state index in [0.717, 1.165) is 24.8 Å². The maximum Gasteiger partial charge on any atom is 0.243 e. The maximum absolute atomic E-state index is 13.1. The summed E-state index contributed by atoms with van der Waals surface area (Å²) in [6.45, 7) is 4.24. The first kappa shape index (κ1) is 24.4. The summed E-state index contributed by atoms with van der Waals surface area (Å²) in [6.07, 6.45) is 2.67. The third-order valence-electron chi connectivity index (χ3n) is 5.42. The molecule has 0 aliphatic carbocycles. The minimum Gasteiger partial charge on any atom is -0.351 e. The Bertz CT molecular complexity index is 1160. The van der Waals surface area contributed by atoms with Crippen LogP contribution in [0.5, 0.6) is 0 Å². The van der Waals surface area contributed by atoms with Gasteiger partial charge in [-0.2, -0.15) is 9.03 Å². The van der Waals surface area contributed by atoms with Crippen LogP contribution in [0, 0.1) is 6.92 Å². The van der Waals surface area contributed by atoms with E-state index in [0.29, 0.717) is 18.7 Å². The first-order valence-corrected chi connectivity index (χ1v) is 13.5. The van der Waals surface area contributed by atoms with Gasteiger partial charge in [0.05, 0.1) is 15.8 Å². The number of aryl methyl sites for hydroxylation is 1. The molecule has 1 aliphatic rings. The molecular weight excluding hydrogens is 450 g/mol. The summed E-state index contributed by atoms with van der Waals surface area (Å²) in [6, 6.07) is 11.8. The van der Waals surface area contributed by atoms with Gasteiger partial charge in [-0.1, -0.05) is 42.3 Å². The standard InChI is InChI=1S/C22H29N3O5S2/c1-17-10-12-20(13-11-17)31(27,28)24-18(2)22(26)23-16-19-8-4-5-9-21(19)32(29,30)25-14-6-3-7-15-25/h4-5,8-13,18,24H,3,6-7,14-16H2,1-2H3,(H,23,26)/t18-/m0/s1. The van der Waals surface area contributed by atoms with E-state index in [1.165, 1.54) is 29.4 Å². The van der Waals surface area contributed by atoms with Crippen molar-refractivity contribution in [2.75, 3.05) is 13.1 Å². The van der Waals surface area contributed by atoms with Crippen LogP contribution < -0.4 is 10.0 Å². The number of carbonyl (C=O) groups excluding carboxylic acids is 1. The molecule has 2 aromatic carbocycles. The van der Waals surface area contributed by atoms with Gasteiger partial charge < -0.3 is 5.32 Å². The number of rotatable bonds is 8. The molecule has 0 radical (unpaired) electrons. The molecule has 2 aromatic rings. The van der Waals surface area contributed by atoms with Crippen LogP contribution in [0.1, 0.15) is 37.3 Å². The number of hydrogen-bond donors (Lipinski definition) is 2. The van der Waals surface area contributed by atoms with Crippen LogP contribution in [0.3, 0.4) is 0 Å². The molecule has 1 amide bonds. The van der Waals surface area contributed by atoms with E-state index in [1.54, 1.807) is 30.3 Å². The van der Waals surface area contributed by atoms with Crippen molar-refractivity contribution in [3.63, 3.8) is 0 Å². The van der Waals surface area contributed by atoms with E-state index >= 15 is 0 Å². The number of amides is 1. The quantitative estimate of drug-likeness (QED) is 0.602. The Morgan fingerprint density at radius 1 is 0.969 bits per heavy atom. The Kier molecular flexibility index (Phi) is 7.71. The maximum atomic E-state index is 13.1. The monoisotopic (exact) mass is 479 g/mol. The molecule has 1 heterocycles. The van der Waals surface area contributed by atoms with Gasteiger partial charge in [0.2, 0.25) is 26.0 Å². The van der Waals surface area contributed by atoms with Gasteiger partial charge in [0, 0.05) is 19.6 Å². The van der Waals surface area contributed by atoms with Gasteiger partial charge in [-0.05, 0) is 50.5 Å². The van der Waals surface area contributed by atoms with E-state index in [1.807, 2.05) is 6.92 Å². The van der Waals surface area contributed by atoms with Crippen molar-refractivity contribution in [3.05, 3.63) is 59.7 Å². The molecule has 0 bridgehead atoms. The number of benzene rings is 2. The molecule has 8 nitrogen and oxygen atoms in total. The van der Waals surface area contributed by atoms with Crippen LogP contribution in [0.2, 0.25) is 0 Å². The summed E-state index contributed by atoms with van der Waals surface area (Å²) in [5.74, 6) is -0.550. The lowest BCUT2D eigenvalue weighted by molar-refractivity contribution is -0.122. The van der Waals surface area contributed by atoms with E-state index in [2.05, 4.69) is 10.0 Å². The molecule has 1 saturated heterocycles. The van der Waals surface area contributed by atoms with Gasteiger partial charge >= 0.3 is 0 Å². The zero-order chi connectivity index (χ0) is 23.4. The minimum atomic E-state index is -3.86. The summed E-state index contributed by atoms with van der Waals surface area (Å²) in [7, 11) is -7.52. The summed E-state index contributed by atoms with van der Waals surface area (Å²) >= 11 is 0. The molecule has 10 heteroatoms. The number of carbonyl (C=O) groups is 1. The van der Waals surface area contributed by atoms with Crippen molar-refractivity contribution in [2.24, 2.45) is 0 Å². The van der Waals surface area contributed by atoms with Crippen molar-refractivity contribution in [1.29, 1.82) is 0 Å². The van der Waals surface area contributed by atoms with Gasteiger partial charge in [0.15, 0.2) is 0 Å². The largest absolute Gasteiger partial charge is 0.351 e. The van der Waals surface area contributed by atoms with Crippen LogP contribution in [0.4, 0.5) is 0 Å². The zero-order valence-electron chi connectivity index (χ0n) is 18.2. The smallest absolute Gasteiger partial charge is 0.243 e.